The van der Waals surface area contributed by atoms with E-state index in [0.717, 1.165) is 17.8 Å². The number of halogens is 3. The third kappa shape index (κ3) is 5.85. The summed E-state index contributed by atoms with van der Waals surface area (Å²) >= 11 is 0. The molecule has 1 N–H and O–H groups in total. The first-order chi connectivity index (χ1) is 14.2. The van der Waals surface area contributed by atoms with E-state index in [4.69, 9.17) is 9.84 Å². The molecule has 1 aromatic carbocycles. The number of benzene rings is 1. The molecule has 1 aliphatic rings. The number of alkyl halides is 3. The quantitative estimate of drug-likeness (QED) is 0.513. The zero-order valence-corrected chi connectivity index (χ0v) is 17.0. The number of amides is 1. The van der Waals surface area contributed by atoms with Gasteiger partial charge in [-0.1, -0.05) is 18.2 Å². The van der Waals surface area contributed by atoms with Crippen molar-refractivity contribution in [2.75, 3.05) is 26.7 Å². The number of allylic oxidation sites excluding steroid dienone is 2. The van der Waals surface area contributed by atoms with Crippen molar-refractivity contribution in [2.24, 2.45) is 4.99 Å². The number of likely N-dealkylation sites (N-methyl/N-ethyl adjacent to an activating group) is 1. The molecule has 0 saturated carbocycles. The number of rotatable bonds is 8. The van der Waals surface area contributed by atoms with E-state index in [0.29, 0.717) is 18.7 Å². The first kappa shape index (κ1) is 23.5. The SMILES string of the molecule is C=N/C=C(\C(=C/C)C(F)(F)F)N(C)C1CCN(C(=O)COc2ccc(CO)cc2)C1. The largest absolute Gasteiger partial charge is 0.484 e. The van der Waals surface area contributed by atoms with E-state index >= 15 is 0 Å². The molecule has 2 rings (SSSR count). The first-order valence-corrected chi connectivity index (χ1v) is 9.44. The fourth-order valence-corrected chi connectivity index (χ4v) is 3.30. The molecular formula is C21H26F3N3O3. The van der Waals surface area contributed by atoms with Gasteiger partial charge in [0.2, 0.25) is 0 Å². The summed E-state index contributed by atoms with van der Waals surface area (Å²) in [4.78, 5) is 19.1. The predicted octanol–water partition coefficient (Wildman–Crippen LogP) is 3.14. The van der Waals surface area contributed by atoms with Crippen LogP contribution in [0.5, 0.6) is 5.75 Å². The van der Waals surface area contributed by atoms with Crippen molar-refractivity contribution in [3.05, 3.63) is 53.4 Å². The summed E-state index contributed by atoms with van der Waals surface area (Å²) < 4.78 is 45.6. The third-order valence-electron chi connectivity index (χ3n) is 5.00. The molecule has 1 atom stereocenters. The average Bonchev–Trinajstić information content (AvgIpc) is 3.21. The van der Waals surface area contributed by atoms with Crippen LogP contribution in [0.4, 0.5) is 13.2 Å². The van der Waals surface area contributed by atoms with Gasteiger partial charge in [0.1, 0.15) is 5.75 Å². The number of aliphatic hydroxyl groups is 1. The van der Waals surface area contributed by atoms with Gasteiger partial charge in [0.25, 0.3) is 5.91 Å². The van der Waals surface area contributed by atoms with Crippen molar-refractivity contribution in [1.82, 2.24) is 9.80 Å². The van der Waals surface area contributed by atoms with Gasteiger partial charge in [-0.25, -0.2) is 0 Å². The molecule has 164 valence electrons. The Labute approximate surface area is 174 Å². The molecular weight excluding hydrogens is 399 g/mol. The first-order valence-electron chi connectivity index (χ1n) is 9.44. The second kappa shape index (κ2) is 10.3. The minimum atomic E-state index is -4.52. The predicted molar refractivity (Wildman–Crippen MR) is 108 cm³/mol. The van der Waals surface area contributed by atoms with E-state index in [1.807, 2.05) is 0 Å². The molecule has 0 aliphatic carbocycles. The lowest BCUT2D eigenvalue weighted by molar-refractivity contribution is -0.132. The van der Waals surface area contributed by atoms with Gasteiger partial charge < -0.3 is 19.6 Å². The lowest BCUT2D eigenvalue weighted by Crippen LogP contribution is -2.39. The van der Waals surface area contributed by atoms with Crippen LogP contribution in [-0.4, -0.2) is 66.5 Å². The third-order valence-corrected chi connectivity index (χ3v) is 5.00. The van der Waals surface area contributed by atoms with Gasteiger partial charge in [0.05, 0.1) is 24.1 Å². The van der Waals surface area contributed by atoms with Gasteiger partial charge in [-0.3, -0.25) is 9.79 Å². The Bertz CT molecular complexity index is 804. The minimum absolute atomic E-state index is 0.0804. The summed E-state index contributed by atoms with van der Waals surface area (Å²) in [6.45, 7) is 5.05. The summed E-state index contributed by atoms with van der Waals surface area (Å²) in [6.07, 6.45) is -1.91. The van der Waals surface area contributed by atoms with E-state index in [1.165, 1.54) is 11.8 Å². The highest BCUT2D eigenvalue weighted by Gasteiger charge is 2.39. The molecule has 1 unspecified atom stereocenters. The fraction of sp³-hybridized carbons (Fsp3) is 0.429. The molecule has 6 nitrogen and oxygen atoms in total. The molecule has 0 aromatic heterocycles. The van der Waals surface area contributed by atoms with E-state index in [1.54, 1.807) is 36.2 Å². The van der Waals surface area contributed by atoms with Crippen molar-refractivity contribution in [3.8, 4) is 5.75 Å². The molecule has 9 heteroatoms. The molecule has 0 spiro atoms. The van der Waals surface area contributed by atoms with Gasteiger partial charge in [-0.15, -0.1) is 0 Å². The molecule has 1 amide bonds. The summed E-state index contributed by atoms with van der Waals surface area (Å²) in [6, 6.07) is 6.43. The van der Waals surface area contributed by atoms with Crippen molar-refractivity contribution in [2.45, 2.75) is 32.2 Å². The van der Waals surface area contributed by atoms with Crippen molar-refractivity contribution in [1.29, 1.82) is 0 Å². The van der Waals surface area contributed by atoms with Crippen molar-refractivity contribution >= 4 is 12.6 Å². The molecule has 1 aromatic rings. The molecule has 0 bridgehead atoms. The number of hydrogen-bond donors (Lipinski definition) is 1. The molecule has 1 fully saturated rings. The Hall–Kier alpha value is -2.81. The van der Waals surface area contributed by atoms with Crippen LogP contribution in [0.3, 0.4) is 0 Å². The van der Waals surface area contributed by atoms with Crippen LogP contribution in [0, 0.1) is 0 Å². The minimum Gasteiger partial charge on any atom is -0.484 e. The average molecular weight is 425 g/mol. The smallest absolute Gasteiger partial charge is 0.418 e. The van der Waals surface area contributed by atoms with E-state index < -0.39 is 11.7 Å². The highest BCUT2D eigenvalue weighted by molar-refractivity contribution is 5.78. The van der Waals surface area contributed by atoms with Crippen LogP contribution >= 0.6 is 0 Å². The standard InChI is InChI=1S/C21H26F3N3O3/c1-4-18(21(22,23)24)19(11-25-2)26(3)16-9-10-27(12-16)20(29)14-30-17-7-5-15(13-28)6-8-17/h4-8,11,16,28H,2,9-10,12-14H2,1,3H3/b18-4+,19-11+. The zero-order valence-electron chi connectivity index (χ0n) is 17.0. The molecule has 1 saturated heterocycles. The second-order valence-corrected chi connectivity index (χ2v) is 6.88. The van der Waals surface area contributed by atoms with E-state index in [2.05, 4.69) is 11.7 Å². The maximum Gasteiger partial charge on any atom is 0.418 e. The lowest BCUT2D eigenvalue weighted by atomic mass is 10.1. The molecule has 1 heterocycles. The summed E-state index contributed by atoms with van der Waals surface area (Å²) in [5.41, 5.74) is -0.146. The maximum absolute atomic E-state index is 13.4. The Kier molecular flexibility index (Phi) is 8.05. The maximum atomic E-state index is 13.4. The number of nitrogens with zero attached hydrogens (tertiary/aromatic N) is 3. The van der Waals surface area contributed by atoms with Crippen molar-refractivity contribution < 1.29 is 27.8 Å². The van der Waals surface area contributed by atoms with Crippen LogP contribution in [0.1, 0.15) is 18.9 Å². The van der Waals surface area contributed by atoms with Crippen molar-refractivity contribution in [3.63, 3.8) is 0 Å². The number of ether oxygens (including phenoxy) is 1. The highest BCUT2D eigenvalue weighted by atomic mass is 19.4. The van der Waals surface area contributed by atoms with E-state index in [-0.39, 0.29) is 37.4 Å². The summed E-state index contributed by atoms with van der Waals surface area (Å²) in [7, 11) is 1.56. The molecule has 30 heavy (non-hydrogen) atoms. The summed E-state index contributed by atoms with van der Waals surface area (Å²) in [5, 5.41) is 9.04. The number of carbonyl (C=O) groups excluding carboxylic acids is 1. The fourth-order valence-electron chi connectivity index (χ4n) is 3.30. The summed E-state index contributed by atoms with van der Waals surface area (Å²) in [5.74, 6) is 0.255. The molecule has 1 aliphatic heterocycles. The van der Waals surface area contributed by atoms with Gasteiger partial charge in [-0.05, 0) is 37.8 Å². The number of aliphatic imine (C=N–C) groups is 1. The van der Waals surface area contributed by atoms with Gasteiger partial charge in [0, 0.05) is 26.2 Å². The second-order valence-electron chi connectivity index (χ2n) is 6.88. The zero-order chi connectivity index (χ0) is 22.3. The van der Waals surface area contributed by atoms with Gasteiger partial charge in [-0.2, -0.15) is 13.2 Å². The topological polar surface area (TPSA) is 65.4 Å². The van der Waals surface area contributed by atoms with Crippen LogP contribution in [-0.2, 0) is 11.4 Å². The Morgan fingerprint density at radius 2 is 2.07 bits per heavy atom. The van der Waals surface area contributed by atoms with Gasteiger partial charge in [0.15, 0.2) is 6.61 Å². The van der Waals surface area contributed by atoms with Crippen LogP contribution < -0.4 is 4.74 Å². The van der Waals surface area contributed by atoms with E-state index in [9.17, 15) is 18.0 Å². The monoisotopic (exact) mass is 425 g/mol. The Morgan fingerprint density at radius 3 is 2.60 bits per heavy atom. The Morgan fingerprint density at radius 1 is 1.40 bits per heavy atom. The number of hydrogen-bond acceptors (Lipinski definition) is 5. The Balaban J connectivity index is 1.99. The highest BCUT2D eigenvalue weighted by Crippen LogP contribution is 2.34. The number of aliphatic hydroxyl groups excluding tert-OH is 1. The van der Waals surface area contributed by atoms with Crippen LogP contribution in [0.2, 0.25) is 0 Å². The van der Waals surface area contributed by atoms with Crippen LogP contribution in [0.25, 0.3) is 0 Å². The molecule has 0 radical (unpaired) electrons. The lowest BCUT2D eigenvalue weighted by Gasteiger charge is -2.30. The normalized spacial score (nSPS) is 17.8. The number of likely N-dealkylation sites (tertiary alicyclic amines) is 1. The van der Waals surface area contributed by atoms with Crippen LogP contribution in [0.15, 0.2) is 52.8 Å². The number of carbonyl (C=O) groups is 1. The van der Waals surface area contributed by atoms with Gasteiger partial charge >= 0.3 is 6.18 Å².